The standard InChI is InChI=1S/C16H24N2O3/c1-11(20)17-13-7-5-6-12(10-13)15(21)18-14(8-9-19)16(2,3)4/h5-7,10,14,19H,8-9H2,1-4H3,(H,17,20)(H,18,21). The van der Waals surface area contributed by atoms with Gasteiger partial charge in [-0.3, -0.25) is 9.59 Å². The molecule has 0 aliphatic heterocycles. The Morgan fingerprint density at radius 3 is 2.48 bits per heavy atom. The van der Waals surface area contributed by atoms with Crippen LogP contribution in [0.15, 0.2) is 24.3 Å². The molecule has 0 saturated heterocycles. The van der Waals surface area contributed by atoms with Gasteiger partial charge in [-0.05, 0) is 30.0 Å². The van der Waals surface area contributed by atoms with Crippen LogP contribution in [0.3, 0.4) is 0 Å². The number of carbonyl (C=O) groups excluding carboxylic acids is 2. The fraction of sp³-hybridized carbons (Fsp3) is 0.500. The molecule has 0 heterocycles. The summed E-state index contributed by atoms with van der Waals surface area (Å²) in [6, 6.07) is 6.65. The molecule has 0 fully saturated rings. The minimum Gasteiger partial charge on any atom is -0.396 e. The van der Waals surface area contributed by atoms with Gasteiger partial charge in [-0.1, -0.05) is 26.8 Å². The molecule has 116 valence electrons. The minimum absolute atomic E-state index is 0.0220. The fourth-order valence-corrected chi connectivity index (χ4v) is 2.03. The maximum atomic E-state index is 12.3. The summed E-state index contributed by atoms with van der Waals surface area (Å²) in [5.74, 6) is -0.393. The lowest BCUT2D eigenvalue weighted by Gasteiger charge is -2.31. The smallest absolute Gasteiger partial charge is 0.251 e. The number of rotatable bonds is 5. The van der Waals surface area contributed by atoms with E-state index in [1.165, 1.54) is 6.92 Å². The third-order valence-electron chi connectivity index (χ3n) is 3.21. The Hall–Kier alpha value is -1.88. The molecule has 1 aromatic rings. The number of aliphatic hydroxyl groups excluding tert-OH is 1. The Kier molecular flexibility index (Phi) is 5.90. The molecule has 0 saturated carbocycles. The van der Waals surface area contributed by atoms with Crippen LogP contribution in [-0.2, 0) is 4.79 Å². The summed E-state index contributed by atoms with van der Waals surface area (Å²) >= 11 is 0. The van der Waals surface area contributed by atoms with Crippen LogP contribution in [-0.4, -0.2) is 29.6 Å². The summed E-state index contributed by atoms with van der Waals surface area (Å²) in [5, 5.41) is 14.7. The third-order valence-corrected chi connectivity index (χ3v) is 3.21. The predicted octanol–water partition coefficient (Wildman–Crippen LogP) is 2.17. The van der Waals surface area contributed by atoms with Gasteiger partial charge in [-0.15, -0.1) is 0 Å². The van der Waals surface area contributed by atoms with Crippen molar-refractivity contribution in [3.8, 4) is 0 Å². The van der Waals surface area contributed by atoms with E-state index in [-0.39, 0.29) is 29.9 Å². The molecule has 5 nitrogen and oxygen atoms in total. The van der Waals surface area contributed by atoms with Crippen LogP contribution in [0.2, 0.25) is 0 Å². The Morgan fingerprint density at radius 1 is 1.29 bits per heavy atom. The number of amides is 2. The monoisotopic (exact) mass is 292 g/mol. The first kappa shape index (κ1) is 17.2. The normalized spacial score (nSPS) is 12.6. The molecule has 0 bridgehead atoms. The molecule has 1 aromatic carbocycles. The molecule has 1 unspecified atom stereocenters. The van der Waals surface area contributed by atoms with Gasteiger partial charge < -0.3 is 15.7 Å². The van der Waals surface area contributed by atoms with Crippen LogP contribution >= 0.6 is 0 Å². The molecule has 1 rings (SSSR count). The van der Waals surface area contributed by atoms with E-state index in [1.54, 1.807) is 24.3 Å². The first-order chi connectivity index (χ1) is 9.74. The van der Waals surface area contributed by atoms with Gasteiger partial charge in [0.25, 0.3) is 5.91 Å². The van der Waals surface area contributed by atoms with Crippen molar-refractivity contribution in [1.29, 1.82) is 0 Å². The first-order valence-corrected chi connectivity index (χ1v) is 7.03. The Labute approximate surface area is 125 Å². The molecule has 3 N–H and O–H groups in total. The predicted molar refractivity (Wildman–Crippen MR) is 83.2 cm³/mol. The van der Waals surface area contributed by atoms with Crippen molar-refractivity contribution in [2.45, 2.75) is 40.2 Å². The summed E-state index contributed by atoms with van der Waals surface area (Å²) in [5.41, 5.74) is 0.922. The molecule has 0 radical (unpaired) electrons. The van der Waals surface area contributed by atoms with Crippen molar-refractivity contribution in [2.24, 2.45) is 5.41 Å². The lowest BCUT2D eigenvalue weighted by atomic mass is 9.84. The molecular formula is C16H24N2O3. The van der Waals surface area contributed by atoms with E-state index < -0.39 is 0 Å². The fourth-order valence-electron chi connectivity index (χ4n) is 2.03. The first-order valence-electron chi connectivity index (χ1n) is 7.03. The highest BCUT2D eigenvalue weighted by molar-refractivity contribution is 5.96. The van der Waals surface area contributed by atoms with Gasteiger partial charge in [0.1, 0.15) is 0 Å². The molecule has 0 aliphatic rings. The second kappa shape index (κ2) is 7.22. The topological polar surface area (TPSA) is 78.4 Å². The lowest BCUT2D eigenvalue weighted by molar-refractivity contribution is -0.114. The van der Waals surface area contributed by atoms with Crippen molar-refractivity contribution >= 4 is 17.5 Å². The van der Waals surface area contributed by atoms with Crippen molar-refractivity contribution in [1.82, 2.24) is 5.32 Å². The third kappa shape index (κ3) is 5.55. The quantitative estimate of drug-likeness (QED) is 0.778. The zero-order valence-electron chi connectivity index (χ0n) is 13.1. The van der Waals surface area contributed by atoms with E-state index in [2.05, 4.69) is 10.6 Å². The van der Waals surface area contributed by atoms with Gasteiger partial charge in [0.2, 0.25) is 5.91 Å². The summed E-state index contributed by atoms with van der Waals surface area (Å²) in [6.07, 6.45) is 0.501. The number of anilines is 1. The van der Waals surface area contributed by atoms with E-state index in [9.17, 15) is 9.59 Å². The molecule has 0 spiro atoms. The zero-order chi connectivity index (χ0) is 16.0. The summed E-state index contributed by atoms with van der Waals surface area (Å²) in [6.45, 7) is 7.49. The number of hydrogen-bond donors (Lipinski definition) is 3. The SMILES string of the molecule is CC(=O)Nc1cccc(C(=O)NC(CCO)C(C)(C)C)c1. The maximum Gasteiger partial charge on any atom is 0.251 e. The van der Waals surface area contributed by atoms with Gasteiger partial charge in [0.15, 0.2) is 0 Å². The molecule has 2 amide bonds. The van der Waals surface area contributed by atoms with E-state index >= 15 is 0 Å². The highest BCUT2D eigenvalue weighted by Gasteiger charge is 2.26. The Bertz CT molecular complexity index is 506. The second-order valence-corrected chi connectivity index (χ2v) is 6.17. The van der Waals surface area contributed by atoms with Crippen LogP contribution in [0, 0.1) is 5.41 Å². The summed E-state index contributed by atoms with van der Waals surface area (Å²) in [4.78, 5) is 23.4. The Balaban J connectivity index is 2.85. The van der Waals surface area contributed by atoms with Crippen LogP contribution in [0.25, 0.3) is 0 Å². The molecule has 5 heteroatoms. The largest absolute Gasteiger partial charge is 0.396 e. The highest BCUT2D eigenvalue weighted by Crippen LogP contribution is 2.22. The molecule has 0 aromatic heterocycles. The van der Waals surface area contributed by atoms with Gasteiger partial charge in [0.05, 0.1) is 0 Å². The summed E-state index contributed by atoms with van der Waals surface area (Å²) < 4.78 is 0. The van der Waals surface area contributed by atoms with E-state index in [0.717, 1.165) is 0 Å². The molecular weight excluding hydrogens is 268 g/mol. The average Bonchev–Trinajstić information content (AvgIpc) is 2.36. The van der Waals surface area contributed by atoms with E-state index in [1.807, 2.05) is 20.8 Å². The van der Waals surface area contributed by atoms with Crippen molar-refractivity contribution in [3.63, 3.8) is 0 Å². The molecule has 21 heavy (non-hydrogen) atoms. The van der Waals surface area contributed by atoms with Crippen molar-refractivity contribution in [2.75, 3.05) is 11.9 Å². The lowest BCUT2D eigenvalue weighted by Crippen LogP contribution is -2.44. The second-order valence-electron chi connectivity index (χ2n) is 6.17. The van der Waals surface area contributed by atoms with Crippen LogP contribution < -0.4 is 10.6 Å². The van der Waals surface area contributed by atoms with Gasteiger partial charge in [-0.2, -0.15) is 0 Å². The van der Waals surface area contributed by atoms with Crippen molar-refractivity contribution in [3.05, 3.63) is 29.8 Å². The van der Waals surface area contributed by atoms with Gasteiger partial charge in [-0.25, -0.2) is 0 Å². The minimum atomic E-state index is -0.212. The van der Waals surface area contributed by atoms with Crippen molar-refractivity contribution < 1.29 is 14.7 Å². The number of benzene rings is 1. The number of hydrogen-bond acceptors (Lipinski definition) is 3. The van der Waals surface area contributed by atoms with E-state index in [0.29, 0.717) is 17.7 Å². The van der Waals surface area contributed by atoms with Crippen LogP contribution in [0.5, 0.6) is 0 Å². The number of carbonyl (C=O) groups is 2. The number of aliphatic hydroxyl groups is 1. The Morgan fingerprint density at radius 2 is 1.95 bits per heavy atom. The van der Waals surface area contributed by atoms with Gasteiger partial charge >= 0.3 is 0 Å². The highest BCUT2D eigenvalue weighted by atomic mass is 16.3. The van der Waals surface area contributed by atoms with Gasteiger partial charge in [0, 0.05) is 30.8 Å². The molecule has 0 aliphatic carbocycles. The number of nitrogens with one attached hydrogen (secondary N) is 2. The van der Waals surface area contributed by atoms with Crippen LogP contribution in [0.4, 0.5) is 5.69 Å². The van der Waals surface area contributed by atoms with Crippen LogP contribution in [0.1, 0.15) is 44.5 Å². The maximum absolute atomic E-state index is 12.3. The summed E-state index contributed by atoms with van der Waals surface area (Å²) in [7, 11) is 0. The zero-order valence-corrected chi connectivity index (χ0v) is 13.1. The van der Waals surface area contributed by atoms with E-state index in [4.69, 9.17) is 5.11 Å². The average molecular weight is 292 g/mol. The molecule has 1 atom stereocenters.